The molecule has 0 fully saturated rings. The summed E-state index contributed by atoms with van der Waals surface area (Å²) in [5.74, 6) is 0. The molecule has 9 nitrogen and oxygen atoms in total. The summed E-state index contributed by atoms with van der Waals surface area (Å²) in [6, 6.07) is -2.91. The van der Waals surface area contributed by atoms with Crippen molar-refractivity contribution in [3.05, 3.63) is 20.2 Å². The molecule has 0 aromatic rings. The van der Waals surface area contributed by atoms with Crippen LogP contribution in [0.2, 0.25) is 0 Å². The third-order valence-corrected chi connectivity index (χ3v) is 4.84. The Hall–Kier alpha value is -1.61. The molecule has 0 spiro atoms. The fraction of sp³-hybridized carbons (Fsp3) is 0.944. The lowest BCUT2D eigenvalue weighted by Crippen LogP contribution is -2.43. The number of nitro groups is 2. The molecule has 0 aliphatic heterocycles. The molecular formula is C18H34N2O7. The van der Waals surface area contributed by atoms with Crippen LogP contribution < -0.4 is 0 Å². The van der Waals surface area contributed by atoms with Crippen LogP contribution in [0.3, 0.4) is 0 Å². The summed E-state index contributed by atoms with van der Waals surface area (Å²) < 4.78 is 0. The number of nitrogens with zero attached hydrogens (tertiary/aromatic N) is 2. The predicted octanol–water partition coefficient (Wildman–Crippen LogP) is 2.90. The molecule has 0 aliphatic rings. The van der Waals surface area contributed by atoms with Gasteiger partial charge in [-0.1, -0.05) is 51.9 Å². The molecule has 4 atom stereocenters. The number of aldehydes is 1. The highest BCUT2D eigenvalue weighted by Gasteiger charge is 2.40. The lowest BCUT2D eigenvalue weighted by Gasteiger charge is -2.20. The maximum atomic E-state index is 11.3. The summed E-state index contributed by atoms with van der Waals surface area (Å²) in [5.41, 5.74) is 0. The number of unbranched alkanes of at least 4 members (excludes halogenated alkanes) is 7. The third kappa shape index (κ3) is 11.7. The molecule has 0 radical (unpaired) electrons. The monoisotopic (exact) mass is 390 g/mol. The van der Waals surface area contributed by atoms with Crippen molar-refractivity contribution in [2.75, 3.05) is 0 Å². The molecular weight excluding hydrogens is 356 g/mol. The van der Waals surface area contributed by atoms with E-state index < -0.39 is 40.6 Å². The minimum atomic E-state index is -1.46. The van der Waals surface area contributed by atoms with Crippen LogP contribution in [0, 0.1) is 20.2 Å². The summed E-state index contributed by atoms with van der Waals surface area (Å²) in [5, 5.41) is 42.8. The molecule has 0 aromatic heterocycles. The van der Waals surface area contributed by atoms with Gasteiger partial charge in [0.05, 0.1) is 6.42 Å². The Kier molecular flexibility index (Phi) is 14.5. The first-order valence-corrected chi connectivity index (χ1v) is 9.91. The number of hydrogen-bond acceptors (Lipinski definition) is 7. The zero-order valence-corrected chi connectivity index (χ0v) is 16.2. The second kappa shape index (κ2) is 15.4. The van der Waals surface area contributed by atoms with E-state index in [0.29, 0.717) is 19.3 Å². The van der Waals surface area contributed by atoms with Crippen molar-refractivity contribution in [2.24, 2.45) is 0 Å². The van der Waals surface area contributed by atoms with Gasteiger partial charge in [-0.05, 0) is 19.3 Å². The third-order valence-electron chi connectivity index (χ3n) is 4.84. The van der Waals surface area contributed by atoms with Crippen LogP contribution in [0.5, 0.6) is 0 Å². The number of carbonyl (C=O) groups excluding carboxylic acids is 1. The maximum Gasteiger partial charge on any atom is 0.245 e. The maximum absolute atomic E-state index is 11.3. The molecule has 0 amide bonds. The van der Waals surface area contributed by atoms with Crippen molar-refractivity contribution in [3.8, 4) is 0 Å². The van der Waals surface area contributed by atoms with Gasteiger partial charge in [-0.25, -0.2) is 0 Å². The van der Waals surface area contributed by atoms with Crippen LogP contribution in [-0.2, 0) is 4.79 Å². The number of carbonyl (C=O) groups is 1. The highest BCUT2D eigenvalue weighted by molar-refractivity contribution is 5.48. The van der Waals surface area contributed by atoms with Crippen molar-refractivity contribution in [3.63, 3.8) is 0 Å². The van der Waals surface area contributed by atoms with E-state index in [2.05, 4.69) is 0 Å². The number of rotatable bonds is 18. The Bertz CT molecular complexity index is 434. The van der Waals surface area contributed by atoms with Gasteiger partial charge in [0.1, 0.15) is 18.5 Å². The average molecular weight is 390 g/mol. The fourth-order valence-electron chi connectivity index (χ4n) is 3.11. The van der Waals surface area contributed by atoms with Gasteiger partial charge in [-0.2, -0.15) is 0 Å². The Balaban J connectivity index is 4.53. The minimum Gasteiger partial charge on any atom is -0.386 e. The van der Waals surface area contributed by atoms with Crippen molar-refractivity contribution < 1.29 is 24.9 Å². The van der Waals surface area contributed by atoms with Crippen molar-refractivity contribution in [1.29, 1.82) is 0 Å². The van der Waals surface area contributed by atoms with Crippen LogP contribution in [0.1, 0.15) is 84.0 Å². The molecule has 4 unspecified atom stereocenters. The van der Waals surface area contributed by atoms with Crippen LogP contribution in [0.15, 0.2) is 0 Å². The van der Waals surface area contributed by atoms with Gasteiger partial charge in [-0.15, -0.1) is 0 Å². The van der Waals surface area contributed by atoms with Crippen molar-refractivity contribution in [2.45, 2.75) is 108 Å². The number of hydrogen-bond donors (Lipinski definition) is 2. The summed E-state index contributed by atoms with van der Waals surface area (Å²) in [4.78, 5) is 31.4. The van der Waals surface area contributed by atoms with E-state index in [1.165, 1.54) is 0 Å². The van der Waals surface area contributed by atoms with E-state index in [0.717, 1.165) is 44.8 Å². The summed E-state index contributed by atoms with van der Waals surface area (Å²) in [7, 11) is 0. The Morgan fingerprint density at radius 3 is 1.70 bits per heavy atom. The van der Waals surface area contributed by atoms with Crippen molar-refractivity contribution >= 4 is 6.29 Å². The molecule has 0 rings (SSSR count). The normalized spacial score (nSPS) is 15.7. The van der Waals surface area contributed by atoms with Gasteiger partial charge in [0.2, 0.25) is 12.1 Å². The second-order valence-corrected chi connectivity index (χ2v) is 7.08. The quantitative estimate of drug-likeness (QED) is 0.158. The van der Waals surface area contributed by atoms with Crippen LogP contribution in [0.25, 0.3) is 0 Å². The molecule has 0 saturated carbocycles. The Labute approximate surface area is 160 Å². The largest absolute Gasteiger partial charge is 0.386 e. The molecule has 9 heteroatoms. The molecule has 0 bridgehead atoms. The zero-order chi connectivity index (χ0) is 20.7. The summed E-state index contributed by atoms with van der Waals surface area (Å²) in [6.07, 6.45) is 5.08. The van der Waals surface area contributed by atoms with E-state index in [-0.39, 0.29) is 12.8 Å². The molecule has 0 aromatic carbocycles. The molecule has 27 heavy (non-hydrogen) atoms. The van der Waals surface area contributed by atoms with E-state index in [1.807, 2.05) is 6.92 Å². The standard InChI is InChI=1S/C18H34N2O7/c1-2-3-8-11-17(22)15(19(24)25)14-16(20(26)27)18(23)12-9-6-4-5-7-10-13-21/h13,15-18,22-23H,2-12,14H2,1H3. The first-order valence-electron chi connectivity index (χ1n) is 9.91. The first-order chi connectivity index (χ1) is 12.8. The van der Waals surface area contributed by atoms with Gasteiger partial charge >= 0.3 is 0 Å². The second-order valence-electron chi connectivity index (χ2n) is 7.08. The first kappa shape index (κ1) is 25.4. The van der Waals surface area contributed by atoms with Gasteiger partial charge in [0.15, 0.2) is 0 Å². The van der Waals surface area contributed by atoms with Gasteiger partial charge < -0.3 is 15.0 Å². The minimum absolute atomic E-state index is 0.190. The molecule has 2 N–H and O–H groups in total. The topological polar surface area (TPSA) is 144 Å². The van der Waals surface area contributed by atoms with Crippen LogP contribution in [-0.4, -0.2) is 50.6 Å². The van der Waals surface area contributed by atoms with Gasteiger partial charge in [0.25, 0.3) is 0 Å². The van der Waals surface area contributed by atoms with E-state index in [1.54, 1.807) is 0 Å². The summed E-state index contributed by atoms with van der Waals surface area (Å²) in [6.45, 7) is 1.97. The number of aliphatic hydroxyl groups excluding tert-OH is 2. The highest BCUT2D eigenvalue weighted by Crippen LogP contribution is 2.19. The average Bonchev–Trinajstić information content (AvgIpc) is 2.60. The Morgan fingerprint density at radius 1 is 0.815 bits per heavy atom. The van der Waals surface area contributed by atoms with E-state index >= 15 is 0 Å². The molecule has 0 saturated heterocycles. The smallest absolute Gasteiger partial charge is 0.245 e. The lowest BCUT2D eigenvalue weighted by molar-refractivity contribution is -0.573. The SMILES string of the molecule is CCCCCC(O)C(CC(C(O)CCCCCCCC=O)[N+](=O)[O-])[N+](=O)[O-]. The number of aliphatic hydroxyl groups is 2. The molecule has 0 heterocycles. The zero-order valence-electron chi connectivity index (χ0n) is 16.2. The molecule has 158 valence electrons. The highest BCUT2D eigenvalue weighted by atomic mass is 16.6. The van der Waals surface area contributed by atoms with Crippen LogP contribution in [0.4, 0.5) is 0 Å². The van der Waals surface area contributed by atoms with Gasteiger partial charge in [0, 0.05) is 16.3 Å². The van der Waals surface area contributed by atoms with Gasteiger partial charge in [-0.3, -0.25) is 20.2 Å². The summed E-state index contributed by atoms with van der Waals surface area (Å²) >= 11 is 0. The van der Waals surface area contributed by atoms with E-state index in [9.17, 15) is 35.2 Å². The molecule has 0 aliphatic carbocycles. The predicted molar refractivity (Wildman–Crippen MR) is 101 cm³/mol. The van der Waals surface area contributed by atoms with Crippen molar-refractivity contribution in [1.82, 2.24) is 0 Å². The fourth-order valence-corrected chi connectivity index (χ4v) is 3.11. The van der Waals surface area contributed by atoms with Crippen LogP contribution >= 0.6 is 0 Å². The Morgan fingerprint density at radius 2 is 1.26 bits per heavy atom. The lowest BCUT2D eigenvalue weighted by atomic mass is 9.93. The van der Waals surface area contributed by atoms with E-state index in [4.69, 9.17) is 0 Å².